The highest BCUT2D eigenvalue weighted by Crippen LogP contribution is 2.21. The predicted molar refractivity (Wildman–Crippen MR) is 84.9 cm³/mol. The van der Waals surface area contributed by atoms with Crippen LogP contribution >= 0.6 is 0 Å². The van der Waals surface area contributed by atoms with E-state index in [0.29, 0.717) is 22.7 Å². The fourth-order valence-electron chi connectivity index (χ4n) is 2.18. The first-order valence-corrected chi connectivity index (χ1v) is 7.39. The van der Waals surface area contributed by atoms with Crippen LogP contribution in [0.15, 0.2) is 22.6 Å². The first-order valence-electron chi connectivity index (χ1n) is 7.39. The average molecular weight is 319 g/mol. The van der Waals surface area contributed by atoms with E-state index in [2.05, 4.69) is 15.6 Å². The van der Waals surface area contributed by atoms with Gasteiger partial charge in [0.25, 0.3) is 0 Å². The Labute approximate surface area is 134 Å². The molecule has 1 heterocycles. The minimum atomic E-state index is -0.586. The molecule has 0 unspecified atom stereocenters. The van der Waals surface area contributed by atoms with Gasteiger partial charge in [0, 0.05) is 13.0 Å². The SMILES string of the molecule is COc1ccc2oc(CNC(=O)[C@@H](NC(C)=O)C(C)C)nc2c1. The van der Waals surface area contributed by atoms with Crippen LogP contribution in [-0.2, 0) is 16.1 Å². The fourth-order valence-corrected chi connectivity index (χ4v) is 2.18. The highest BCUT2D eigenvalue weighted by Gasteiger charge is 2.23. The molecular weight excluding hydrogens is 298 g/mol. The van der Waals surface area contributed by atoms with Crippen LogP contribution in [0.3, 0.4) is 0 Å². The van der Waals surface area contributed by atoms with Gasteiger partial charge in [0.1, 0.15) is 17.3 Å². The maximum atomic E-state index is 12.2. The molecule has 0 fully saturated rings. The molecule has 124 valence electrons. The third-order valence-corrected chi connectivity index (χ3v) is 3.36. The average Bonchev–Trinajstić information content (AvgIpc) is 2.91. The van der Waals surface area contributed by atoms with E-state index in [9.17, 15) is 9.59 Å². The minimum absolute atomic E-state index is 0.0215. The van der Waals surface area contributed by atoms with Crippen molar-refractivity contribution in [2.24, 2.45) is 5.92 Å². The summed E-state index contributed by atoms with van der Waals surface area (Å²) >= 11 is 0. The third-order valence-electron chi connectivity index (χ3n) is 3.36. The van der Waals surface area contributed by atoms with Gasteiger partial charge in [-0.05, 0) is 18.1 Å². The Morgan fingerprint density at radius 1 is 1.35 bits per heavy atom. The van der Waals surface area contributed by atoms with Crippen molar-refractivity contribution in [1.29, 1.82) is 0 Å². The summed E-state index contributed by atoms with van der Waals surface area (Å²) in [7, 11) is 1.58. The van der Waals surface area contributed by atoms with Crippen molar-refractivity contribution in [2.45, 2.75) is 33.4 Å². The smallest absolute Gasteiger partial charge is 0.243 e. The molecule has 7 heteroatoms. The molecule has 0 aliphatic rings. The zero-order chi connectivity index (χ0) is 17.0. The van der Waals surface area contributed by atoms with E-state index < -0.39 is 6.04 Å². The Kier molecular flexibility index (Phi) is 5.20. The standard InChI is InChI=1S/C16H21N3O4/c1-9(2)15(18-10(3)20)16(21)17-8-14-19-12-7-11(22-4)5-6-13(12)23-14/h5-7,9,15H,8H2,1-4H3,(H,17,21)(H,18,20)/t15-/m0/s1. The maximum absolute atomic E-state index is 12.2. The molecule has 0 spiro atoms. The van der Waals surface area contributed by atoms with Gasteiger partial charge in [-0.1, -0.05) is 13.8 Å². The number of fused-ring (bicyclic) bond motifs is 1. The van der Waals surface area contributed by atoms with Gasteiger partial charge in [0.2, 0.25) is 17.7 Å². The Morgan fingerprint density at radius 2 is 2.09 bits per heavy atom. The predicted octanol–water partition coefficient (Wildman–Crippen LogP) is 1.61. The fraction of sp³-hybridized carbons (Fsp3) is 0.438. The van der Waals surface area contributed by atoms with Gasteiger partial charge >= 0.3 is 0 Å². The second-order valence-electron chi connectivity index (χ2n) is 5.58. The van der Waals surface area contributed by atoms with E-state index in [1.165, 1.54) is 6.92 Å². The van der Waals surface area contributed by atoms with Crippen LogP contribution in [0, 0.1) is 5.92 Å². The molecule has 0 aliphatic carbocycles. The van der Waals surface area contributed by atoms with Crippen molar-refractivity contribution in [1.82, 2.24) is 15.6 Å². The summed E-state index contributed by atoms with van der Waals surface area (Å²) in [6.07, 6.45) is 0. The van der Waals surface area contributed by atoms with Crippen LogP contribution < -0.4 is 15.4 Å². The number of methoxy groups -OCH3 is 1. The lowest BCUT2D eigenvalue weighted by atomic mass is 10.0. The molecule has 2 N–H and O–H groups in total. The summed E-state index contributed by atoms with van der Waals surface area (Å²) in [6.45, 7) is 5.27. The second kappa shape index (κ2) is 7.13. The number of hydrogen-bond acceptors (Lipinski definition) is 5. The van der Waals surface area contributed by atoms with Gasteiger partial charge < -0.3 is 19.8 Å². The zero-order valence-corrected chi connectivity index (χ0v) is 13.7. The maximum Gasteiger partial charge on any atom is 0.243 e. The third kappa shape index (κ3) is 4.21. The number of oxazole rings is 1. The Hall–Kier alpha value is -2.57. The summed E-state index contributed by atoms with van der Waals surface area (Å²) in [6, 6.07) is 4.72. The van der Waals surface area contributed by atoms with Crippen molar-refractivity contribution in [3.8, 4) is 5.75 Å². The lowest BCUT2D eigenvalue weighted by Crippen LogP contribution is -2.48. The molecule has 2 amide bonds. The molecule has 2 rings (SSSR count). The number of carbonyl (C=O) groups is 2. The molecule has 1 atom stereocenters. The monoisotopic (exact) mass is 319 g/mol. The van der Waals surface area contributed by atoms with Crippen LogP contribution in [0.4, 0.5) is 0 Å². The van der Waals surface area contributed by atoms with Crippen LogP contribution in [-0.4, -0.2) is 29.9 Å². The molecular formula is C16H21N3O4. The number of amides is 2. The van der Waals surface area contributed by atoms with Gasteiger partial charge in [0.15, 0.2) is 5.58 Å². The highest BCUT2D eigenvalue weighted by atomic mass is 16.5. The number of hydrogen-bond donors (Lipinski definition) is 2. The van der Waals surface area contributed by atoms with Gasteiger partial charge in [-0.3, -0.25) is 9.59 Å². The van der Waals surface area contributed by atoms with Crippen LogP contribution in [0.5, 0.6) is 5.75 Å². The minimum Gasteiger partial charge on any atom is -0.497 e. The first kappa shape index (κ1) is 16.8. The number of nitrogens with zero attached hydrogens (tertiary/aromatic N) is 1. The molecule has 0 radical (unpaired) electrons. The van der Waals surface area contributed by atoms with Crippen LogP contribution in [0.2, 0.25) is 0 Å². The topological polar surface area (TPSA) is 93.5 Å². The highest BCUT2D eigenvalue weighted by molar-refractivity contribution is 5.87. The number of ether oxygens (including phenoxy) is 1. The zero-order valence-electron chi connectivity index (χ0n) is 13.7. The largest absolute Gasteiger partial charge is 0.497 e. The summed E-state index contributed by atoms with van der Waals surface area (Å²) in [5.74, 6) is 0.550. The summed E-state index contributed by atoms with van der Waals surface area (Å²) < 4.78 is 10.7. The lowest BCUT2D eigenvalue weighted by Gasteiger charge is -2.20. The van der Waals surface area contributed by atoms with Crippen molar-refractivity contribution in [2.75, 3.05) is 7.11 Å². The van der Waals surface area contributed by atoms with Crippen molar-refractivity contribution < 1.29 is 18.7 Å². The molecule has 1 aromatic heterocycles. The van der Waals surface area contributed by atoms with Crippen molar-refractivity contribution >= 4 is 22.9 Å². The summed E-state index contributed by atoms with van der Waals surface area (Å²) in [5.41, 5.74) is 1.29. The molecule has 7 nitrogen and oxygen atoms in total. The molecule has 23 heavy (non-hydrogen) atoms. The summed E-state index contributed by atoms with van der Waals surface area (Å²) in [4.78, 5) is 27.7. The Morgan fingerprint density at radius 3 is 2.70 bits per heavy atom. The van der Waals surface area contributed by atoms with Gasteiger partial charge in [-0.15, -0.1) is 0 Å². The van der Waals surface area contributed by atoms with E-state index in [1.807, 2.05) is 13.8 Å². The van der Waals surface area contributed by atoms with Crippen LogP contribution in [0.1, 0.15) is 26.7 Å². The number of aromatic nitrogens is 1. The molecule has 2 aromatic rings. The van der Waals surface area contributed by atoms with E-state index >= 15 is 0 Å². The molecule has 0 saturated heterocycles. The Balaban J connectivity index is 2.04. The number of benzene rings is 1. The second-order valence-corrected chi connectivity index (χ2v) is 5.58. The first-order chi connectivity index (χ1) is 10.9. The quantitative estimate of drug-likeness (QED) is 0.844. The normalized spacial score (nSPS) is 12.2. The molecule has 0 bridgehead atoms. The van der Waals surface area contributed by atoms with E-state index in [0.717, 1.165) is 0 Å². The molecule has 0 saturated carbocycles. The van der Waals surface area contributed by atoms with E-state index in [1.54, 1.807) is 25.3 Å². The molecule has 0 aliphatic heterocycles. The number of carbonyl (C=O) groups excluding carboxylic acids is 2. The summed E-state index contributed by atoms with van der Waals surface area (Å²) in [5, 5.41) is 5.37. The van der Waals surface area contributed by atoms with Gasteiger partial charge in [0.05, 0.1) is 13.7 Å². The lowest BCUT2D eigenvalue weighted by molar-refractivity contribution is -0.129. The Bertz CT molecular complexity index is 708. The van der Waals surface area contributed by atoms with Gasteiger partial charge in [-0.2, -0.15) is 0 Å². The number of rotatable bonds is 6. The van der Waals surface area contributed by atoms with E-state index in [4.69, 9.17) is 9.15 Å². The van der Waals surface area contributed by atoms with Crippen LogP contribution in [0.25, 0.3) is 11.1 Å². The van der Waals surface area contributed by atoms with Crippen molar-refractivity contribution in [3.63, 3.8) is 0 Å². The number of nitrogens with one attached hydrogen (secondary N) is 2. The molecule has 1 aromatic carbocycles. The van der Waals surface area contributed by atoms with E-state index in [-0.39, 0.29) is 24.3 Å². The van der Waals surface area contributed by atoms with Gasteiger partial charge in [-0.25, -0.2) is 4.98 Å². The van der Waals surface area contributed by atoms with Crippen molar-refractivity contribution in [3.05, 3.63) is 24.1 Å².